The van der Waals surface area contributed by atoms with E-state index in [0.717, 1.165) is 12.8 Å². The molecule has 0 saturated heterocycles. The van der Waals surface area contributed by atoms with Crippen molar-refractivity contribution in [2.75, 3.05) is 6.61 Å². The zero-order chi connectivity index (χ0) is 17.0. The summed E-state index contributed by atoms with van der Waals surface area (Å²) in [5.74, 6) is 0. The van der Waals surface area contributed by atoms with Gasteiger partial charge in [-0.25, -0.2) is 10.3 Å². The minimum absolute atomic E-state index is 0.546. The van der Waals surface area contributed by atoms with Gasteiger partial charge in [0.15, 0.2) is 0 Å². The predicted octanol–water partition coefficient (Wildman–Crippen LogP) is 5.62. The van der Waals surface area contributed by atoms with Crippen molar-refractivity contribution < 1.29 is 9.63 Å². The molecule has 0 aromatic rings. The van der Waals surface area contributed by atoms with Gasteiger partial charge in [0.2, 0.25) is 0 Å². The Bertz CT molecular complexity index is 281. The van der Waals surface area contributed by atoms with Gasteiger partial charge in [0.1, 0.15) is 0 Å². The number of hydrogen-bond donors (Lipinski definition) is 2. The molecule has 0 bridgehead atoms. The molecular weight excluding hydrogens is 288 g/mol. The standard InChI is InChI=1S/C19H38N2O2/c1-2-3-4-5-6-7-8-9-10-11-12-13-14-15-16-17-18-23-21-19(20)22/h9-10H,2-8,11-18H2,1H3,(H3,20,21,22)/b10-9-. The summed E-state index contributed by atoms with van der Waals surface area (Å²) in [5, 5.41) is 0. The number of allylic oxidation sites excluding steroid dienone is 2. The van der Waals surface area contributed by atoms with Crippen molar-refractivity contribution in [1.82, 2.24) is 5.48 Å². The average Bonchev–Trinajstić information content (AvgIpc) is 2.53. The minimum atomic E-state index is -0.630. The summed E-state index contributed by atoms with van der Waals surface area (Å²) in [5.41, 5.74) is 7.01. The van der Waals surface area contributed by atoms with Crippen molar-refractivity contribution in [2.45, 2.75) is 96.8 Å². The monoisotopic (exact) mass is 326 g/mol. The number of urea groups is 1. The second-order valence-electron chi connectivity index (χ2n) is 6.25. The topological polar surface area (TPSA) is 64.3 Å². The molecule has 0 atom stereocenters. The molecule has 0 heterocycles. The van der Waals surface area contributed by atoms with Crippen LogP contribution in [0.1, 0.15) is 96.8 Å². The van der Waals surface area contributed by atoms with Crippen molar-refractivity contribution in [1.29, 1.82) is 0 Å². The van der Waals surface area contributed by atoms with E-state index in [1.807, 2.05) is 0 Å². The van der Waals surface area contributed by atoms with Gasteiger partial charge in [0.05, 0.1) is 6.61 Å². The fraction of sp³-hybridized carbons (Fsp3) is 0.842. The molecule has 0 aromatic carbocycles. The van der Waals surface area contributed by atoms with Gasteiger partial charge in [0, 0.05) is 0 Å². The normalized spacial score (nSPS) is 11.2. The second kappa shape index (κ2) is 19.0. The highest BCUT2D eigenvalue weighted by molar-refractivity contribution is 5.70. The molecule has 23 heavy (non-hydrogen) atoms. The third kappa shape index (κ3) is 21.0. The van der Waals surface area contributed by atoms with E-state index in [0.29, 0.717) is 6.61 Å². The summed E-state index contributed by atoms with van der Waals surface area (Å²) in [6, 6.07) is -0.630. The Labute approximate surface area is 143 Å². The molecule has 0 aromatic heterocycles. The van der Waals surface area contributed by atoms with Gasteiger partial charge in [-0.1, -0.05) is 76.9 Å². The van der Waals surface area contributed by atoms with Crippen molar-refractivity contribution >= 4 is 6.03 Å². The molecule has 4 heteroatoms. The molecule has 0 rings (SSSR count). The zero-order valence-corrected chi connectivity index (χ0v) is 15.2. The van der Waals surface area contributed by atoms with E-state index in [4.69, 9.17) is 10.6 Å². The number of rotatable bonds is 17. The van der Waals surface area contributed by atoms with Crippen LogP contribution in [0.4, 0.5) is 4.79 Å². The van der Waals surface area contributed by atoms with Gasteiger partial charge < -0.3 is 5.73 Å². The third-order valence-electron chi connectivity index (χ3n) is 3.93. The predicted molar refractivity (Wildman–Crippen MR) is 98.1 cm³/mol. The Morgan fingerprint density at radius 1 is 0.826 bits per heavy atom. The highest BCUT2D eigenvalue weighted by atomic mass is 16.7. The minimum Gasteiger partial charge on any atom is -0.350 e. The van der Waals surface area contributed by atoms with Crippen LogP contribution in [-0.4, -0.2) is 12.6 Å². The Morgan fingerprint density at radius 2 is 1.30 bits per heavy atom. The number of nitrogens with one attached hydrogen (secondary N) is 1. The van der Waals surface area contributed by atoms with Crippen LogP contribution in [0.15, 0.2) is 12.2 Å². The number of hydroxylamine groups is 1. The number of amides is 2. The summed E-state index contributed by atoms with van der Waals surface area (Å²) in [4.78, 5) is 15.2. The molecule has 4 nitrogen and oxygen atoms in total. The maximum atomic E-state index is 10.4. The van der Waals surface area contributed by atoms with Crippen LogP contribution in [0.3, 0.4) is 0 Å². The maximum Gasteiger partial charge on any atom is 0.336 e. The number of hydrogen-bond acceptors (Lipinski definition) is 2. The molecule has 0 unspecified atom stereocenters. The number of nitrogens with two attached hydrogens (primary N) is 1. The van der Waals surface area contributed by atoms with Crippen LogP contribution < -0.4 is 11.2 Å². The molecule has 3 N–H and O–H groups in total. The highest BCUT2D eigenvalue weighted by Crippen LogP contribution is 2.09. The Hall–Kier alpha value is -1.03. The van der Waals surface area contributed by atoms with Gasteiger partial charge in [-0.05, 0) is 32.1 Å². The first-order chi connectivity index (χ1) is 11.3. The summed E-state index contributed by atoms with van der Waals surface area (Å²) >= 11 is 0. The average molecular weight is 327 g/mol. The largest absolute Gasteiger partial charge is 0.350 e. The lowest BCUT2D eigenvalue weighted by Gasteiger charge is -2.03. The summed E-state index contributed by atoms with van der Waals surface area (Å²) in [7, 11) is 0. The molecule has 2 amide bonds. The molecule has 0 radical (unpaired) electrons. The van der Waals surface area contributed by atoms with Crippen LogP contribution in [0.5, 0.6) is 0 Å². The second-order valence-corrected chi connectivity index (χ2v) is 6.25. The number of carbonyl (C=O) groups is 1. The van der Waals surface area contributed by atoms with E-state index < -0.39 is 6.03 Å². The maximum absolute atomic E-state index is 10.4. The van der Waals surface area contributed by atoms with E-state index >= 15 is 0 Å². The Morgan fingerprint density at radius 3 is 1.83 bits per heavy atom. The molecule has 0 aliphatic carbocycles. The van der Waals surface area contributed by atoms with Crippen LogP contribution >= 0.6 is 0 Å². The number of carbonyl (C=O) groups excluding carboxylic acids is 1. The van der Waals surface area contributed by atoms with E-state index in [1.165, 1.54) is 77.0 Å². The Kier molecular flexibility index (Phi) is 18.2. The summed E-state index contributed by atoms with van der Waals surface area (Å²) in [6.07, 6.45) is 22.7. The van der Waals surface area contributed by atoms with Crippen molar-refractivity contribution in [3.8, 4) is 0 Å². The smallest absolute Gasteiger partial charge is 0.336 e. The summed E-state index contributed by atoms with van der Waals surface area (Å²) < 4.78 is 0. The molecule has 136 valence electrons. The van der Waals surface area contributed by atoms with Crippen molar-refractivity contribution in [2.24, 2.45) is 5.73 Å². The lowest BCUT2D eigenvalue weighted by Crippen LogP contribution is -2.29. The van der Waals surface area contributed by atoms with E-state index in [2.05, 4.69) is 24.6 Å². The van der Waals surface area contributed by atoms with E-state index in [1.54, 1.807) is 0 Å². The van der Waals surface area contributed by atoms with Crippen LogP contribution in [-0.2, 0) is 4.84 Å². The first kappa shape index (κ1) is 22.0. The fourth-order valence-electron chi connectivity index (χ4n) is 2.54. The van der Waals surface area contributed by atoms with Crippen LogP contribution in [0.2, 0.25) is 0 Å². The van der Waals surface area contributed by atoms with Gasteiger partial charge in [-0.15, -0.1) is 0 Å². The fourth-order valence-corrected chi connectivity index (χ4v) is 2.54. The quantitative estimate of drug-likeness (QED) is 0.207. The molecule has 0 aliphatic heterocycles. The first-order valence-electron chi connectivity index (χ1n) is 9.59. The van der Waals surface area contributed by atoms with Gasteiger partial charge in [0.25, 0.3) is 0 Å². The third-order valence-corrected chi connectivity index (χ3v) is 3.93. The molecule has 0 saturated carbocycles. The SMILES string of the molecule is CCCCCCCC/C=C\CCCCCCCCONC(N)=O. The number of primary amides is 1. The van der Waals surface area contributed by atoms with Gasteiger partial charge in [-0.2, -0.15) is 0 Å². The van der Waals surface area contributed by atoms with Gasteiger partial charge in [-0.3, -0.25) is 4.84 Å². The molecule has 0 aliphatic rings. The van der Waals surface area contributed by atoms with E-state index in [-0.39, 0.29) is 0 Å². The molecule has 0 spiro atoms. The zero-order valence-electron chi connectivity index (χ0n) is 15.2. The molecular formula is C19H38N2O2. The lowest BCUT2D eigenvalue weighted by atomic mass is 10.1. The van der Waals surface area contributed by atoms with Gasteiger partial charge >= 0.3 is 6.03 Å². The molecule has 0 fully saturated rings. The van der Waals surface area contributed by atoms with Crippen molar-refractivity contribution in [3.63, 3.8) is 0 Å². The summed E-state index contributed by atoms with van der Waals surface area (Å²) in [6.45, 7) is 2.81. The van der Waals surface area contributed by atoms with E-state index in [9.17, 15) is 4.79 Å². The van der Waals surface area contributed by atoms with Crippen LogP contribution in [0.25, 0.3) is 0 Å². The lowest BCUT2D eigenvalue weighted by molar-refractivity contribution is 0.0616. The Balaban J connectivity index is 3.06. The van der Waals surface area contributed by atoms with Crippen LogP contribution in [0, 0.1) is 0 Å². The van der Waals surface area contributed by atoms with Crippen molar-refractivity contribution in [3.05, 3.63) is 12.2 Å². The first-order valence-corrected chi connectivity index (χ1v) is 9.59. The number of unbranched alkanes of at least 4 members (excludes halogenated alkanes) is 12. The highest BCUT2D eigenvalue weighted by Gasteiger charge is 1.93.